The Morgan fingerprint density at radius 1 is 1.38 bits per heavy atom. The van der Waals surface area contributed by atoms with E-state index in [1.165, 1.54) is 0 Å². The smallest absolute Gasteiger partial charge is 0.123 e. The number of aliphatic hydroxyl groups is 1. The van der Waals surface area contributed by atoms with E-state index in [0.717, 1.165) is 11.3 Å². The Morgan fingerprint density at radius 2 is 2.15 bits per heavy atom. The average molecular weight is 178 g/mol. The zero-order chi connectivity index (χ0) is 9.52. The largest absolute Gasteiger partial charge is 0.489 e. The van der Waals surface area contributed by atoms with Gasteiger partial charge >= 0.3 is 0 Å². The Balaban J connectivity index is 2.71. The van der Waals surface area contributed by atoms with Crippen LogP contribution in [0, 0.1) is 0 Å². The molecule has 70 valence electrons. The SMILES string of the molecule is C=CCOc1ccccc1CCO. The van der Waals surface area contributed by atoms with Crippen LogP contribution in [0.15, 0.2) is 36.9 Å². The van der Waals surface area contributed by atoms with Gasteiger partial charge in [-0.15, -0.1) is 0 Å². The summed E-state index contributed by atoms with van der Waals surface area (Å²) in [5.74, 6) is 0.830. The second kappa shape index (κ2) is 5.38. The van der Waals surface area contributed by atoms with Gasteiger partial charge in [-0.3, -0.25) is 0 Å². The molecule has 2 nitrogen and oxygen atoms in total. The lowest BCUT2D eigenvalue weighted by Gasteiger charge is -2.08. The first kappa shape index (κ1) is 9.81. The molecule has 0 aliphatic rings. The molecular weight excluding hydrogens is 164 g/mol. The number of benzene rings is 1. The maximum Gasteiger partial charge on any atom is 0.123 e. The minimum atomic E-state index is 0.147. The van der Waals surface area contributed by atoms with Gasteiger partial charge in [0.25, 0.3) is 0 Å². The van der Waals surface area contributed by atoms with Gasteiger partial charge in [0, 0.05) is 6.61 Å². The molecule has 0 amide bonds. The Kier molecular flexibility index (Phi) is 4.06. The van der Waals surface area contributed by atoms with E-state index in [1.807, 2.05) is 24.3 Å². The highest BCUT2D eigenvalue weighted by Gasteiger charge is 2.00. The van der Waals surface area contributed by atoms with Gasteiger partial charge in [-0.05, 0) is 18.1 Å². The topological polar surface area (TPSA) is 29.5 Å². The van der Waals surface area contributed by atoms with E-state index in [-0.39, 0.29) is 6.61 Å². The predicted molar refractivity (Wildman–Crippen MR) is 52.9 cm³/mol. The lowest BCUT2D eigenvalue weighted by atomic mass is 10.1. The van der Waals surface area contributed by atoms with Gasteiger partial charge in [0.05, 0.1) is 0 Å². The highest BCUT2D eigenvalue weighted by molar-refractivity contribution is 5.33. The summed E-state index contributed by atoms with van der Waals surface area (Å²) in [7, 11) is 0. The Morgan fingerprint density at radius 3 is 2.85 bits per heavy atom. The van der Waals surface area contributed by atoms with Gasteiger partial charge in [-0.2, -0.15) is 0 Å². The fraction of sp³-hybridized carbons (Fsp3) is 0.273. The average Bonchev–Trinajstić information content (AvgIpc) is 2.17. The second-order valence-electron chi connectivity index (χ2n) is 2.68. The Hall–Kier alpha value is -1.28. The molecule has 1 aromatic carbocycles. The zero-order valence-corrected chi connectivity index (χ0v) is 7.57. The van der Waals surface area contributed by atoms with Gasteiger partial charge < -0.3 is 9.84 Å². The molecule has 0 aromatic heterocycles. The van der Waals surface area contributed by atoms with Crippen molar-refractivity contribution < 1.29 is 9.84 Å². The molecule has 0 spiro atoms. The molecule has 0 saturated carbocycles. The molecule has 0 radical (unpaired) electrons. The summed E-state index contributed by atoms with van der Waals surface area (Å²) in [5, 5.41) is 8.79. The van der Waals surface area contributed by atoms with Crippen molar-refractivity contribution in [1.29, 1.82) is 0 Å². The summed E-state index contributed by atoms with van der Waals surface area (Å²) < 4.78 is 5.41. The van der Waals surface area contributed by atoms with Gasteiger partial charge in [-0.1, -0.05) is 30.9 Å². The van der Waals surface area contributed by atoms with Crippen LogP contribution in [0.25, 0.3) is 0 Å². The number of para-hydroxylation sites is 1. The van der Waals surface area contributed by atoms with Gasteiger partial charge in [0.1, 0.15) is 12.4 Å². The molecule has 0 heterocycles. The van der Waals surface area contributed by atoms with E-state index in [2.05, 4.69) is 6.58 Å². The molecule has 13 heavy (non-hydrogen) atoms. The van der Waals surface area contributed by atoms with Crippen molar-refractivity contribution in [2.24, 2.45) is 0 Å². The highest BCUT2D eigenvalue weighted by atomic mass is 16.5. The van der Waals surface area contributed by atoms with Crippen molar-refractivity contribution in [2.75, 3.05) is 13.2 Å². The minimum absolute atomic E-state index is 0.147. The first-order valence-electron chi connectivity index (χ1n) is 4.31. The van der Waals surface area contributed by atoms with Crippen molar-refractivity contribution in [3.05, 3.63) is 42.5 Å². The number of ether oxygens (including phenoxy) is 1. The van der Waals surface area contributed by atoms with E-state index >= 15 is 0 Å². The number of rotatable bonds is 5. The van der Waals surface area contributed by atoms with Crippen molar-refractivity contribution in [1.82, 2.24) is 0 Å². The molecule has 0 aliphatic carbocycles. The third-order valence-electron chi connectivity index (χ3n) is 1.71. The molecule has 0 saturated heterocycles. The first-order chi connectivity index (χ1) is 6.38. The van der Waals surface area contributed by atoms with Crippen LogP contribution in [-0.2, 0) is 6.42 Å². The van der Waals surface area contributed by atoms with Crippen LogP contribution in [0.2, 0.25) is 0 Å². The van der Waals surface area contributed by atoms with Crippen LogP contribution in [0.1, 0.15) is 5.56 Å². The van der Waals surface area contributed by atoms with Crippen molar-refractivity contribution >= 4 is 0 Å². The lowest BCUT2D eigenvalue weighted by Crippen LogP contribution is -1.99. The van der Waals surface area contributed by atoms with Crippen molar-refractivity contribution in [3.63, 3.8) is 0 Å². The maximum atomic E-state index is 8.79. The predicted octanol–water partition coefficient (Wildman–Crippen LogP) is 1.79. The van der Waals surface area contributed by atoms with Crippen LogP contribution in [-0.4, -0.2) is 18.3 Å². The molecule has 0 bridgehead atoms. The number of aliphatic hydroxyl groups excluding tert-OH is 1. The summed E-state index contributed by atoms with van der Waals surface area (Å²) in [4.78, 5) is 0. The van der Waals surface area contributed by atoms with Crippen molar-refractivity contribution in [3.8, 4) is 5.75 Å². The Labute approximate surface area is 78.5 Å². The molecular formula is C11H14O2. The molecule has 2 heteroatoms. The van der Waals surface area contributed by atoms with Crippen LogP contribution in [0.3, 0.4) is 0 Å². The number of hydrogen-bond acceptors (Lipinski definition) is 2. The third kappa shape index (κ3) is 2.92. The highest BCUT2D eigenvalue weighted by Crippen LogP contribution is 2.17. The molecule has 0 unspecified atom stereocenters. The molecule has 1 aromatic rings. The minimum Gasteiger partial charge on any atom is -0.489 e. The summed E-state index contributed by atoms with van der Waals surface area (Å²) in [6.07, 6.45) is 2.34. The first-order valence-corrected chi connectivity index (χ1v) is 4.31. The number of hydrogen-bond donors (Lipinski definition) is 1. The monoisotopic (exact) mass is 178 g/mol. The molecule has 1 rings (SSSR count). The summed E-state index contributed by atoms with van der Waals surface area (Å²) in [6.45, 7) is 4.23. The maximum absolute atomic E-state index is 8.79. The lowest BCUT2D eigenvalue weighted by molar-refractivity contribution is 0.294. The van der Waals surface area contributed by atoms with Crippen LogP contribution < -0.4 is 4.74 Å². The quantitative estimate of drug-likeness (QED) is 0.696. The van der Waals surface area contributed by atoms with Crippen LogP contribution >= 0.6 is 0 Å². The fourth-order valence-electron chi connectivity index (χ4n) is 1.12. The summed E-state index contributed by atoms with van der Waals surface area (Å²) >= 11 is 0. The van der Waals surface area contributed by atoms with Crippen LogP contribution in [0.4, 0.5) is 0 Å². The Bertz CT molecular complexity index is 269. The van der Waals surface area contributed by atoms with E-state index in [0.29, 0.717) is 13.0 Å². The molecule has 0 aliphatic heterocycles. The van der Waals surface area contributed by atoms with Crippen LogP contribution in [0.5, 0.6) is 5.75 Å². The normalized spacial score (nSPS) is 9.62. The molecule has 1 N–H and O–H groups in total. The third-order valence-corrected chi connectivity index (χ3v) is 1.71. The summed E-state index contributed by atoms with van der Waals surface area (Å²) in [5.41, 5.74) is 1.03. The fourth-order valence-corrected chi connectivity index (χ4v) is 1.12. The molecule has 0 fully saturated rings. The standard InChI is InChI=1S/C11H14O2/c1-2-9-13-11-6-4-3-5-10(11)7-8-12/h2-6,12H,1,7-9H2. The van der Waals surface area contributed by atoms with Gasteiger partial charge in [0.2, 0.25) is 0 Å². The van der Waals surface area contributed by atoms with E-state index < -0.39 is 0 Å². The molecule has 0 atom stereocenters. The van der Waals surface area contributed by atoms with E-state index in [4.69, 9.17) is 9.84 Å². The summed E-state index contributed by atoms with van der Waals surface area (Å²) in [6, 6.07) is 7.70. The van der Waals surface area contributed by atoms with Crippen molar-refractivity contribution in [2.45, 2.75) is 6.42 Å². The van der Waals surface area contributed by atoms with E-state index in [9.17, 15) is 0 Å². The second-order valence-corrected chi connectivity index (χ2v) is 2.68. The van der Waals surface area contributed by atoms with E-state index in [1.54, 1.807) is 6.08 Å². The zero-order valence-electron chi connectivity index (χ0n) is 7.57. The van der Waals surface area contributed by atoms with Gasteiger partial charge in [0.15, 0.2) is 0 Å². The van der Waals surface area contributed by atoms with Gasteiger partial charge in [-0.25, -0.2) is 0 Å².